The maximum absolute atomic E-state index is 6.00. The van der Waals surface area contributed by atoms with Crippen LogP contribution in [0.5, 0.6) is 0 Å². The van der Waals surface area contributed by atoms with Gasteiger partial charge in [0, 0.05) is 48.8 Å². The molecule has 0 aliphatic carbocycles. The molecule has 0 spiro atoms. The molecule has 2 aromatic rings. The van der Waals surface area contributed by atoms with Gasteiger partial charge in [0.25, 0.3) is 0 Å². The molecule has 2 fully saturated rings. The fourth-order valence-electron chi connectivity index (χ4n) is 3.81. The molecule has 0 amide bonds. The quantitative estimate of drug-likeness (QED) is 0.476. The van der Waals surface area contributed by atoms with Crippen molar-refractivity contribution in [3.05, 3.63) is 24.8 Å². The second-order valence-electron chi connectivity index (χ2n) is 12.9. The molecule has 12 heteroatoms. The van der Waals surface area contributed by atoms with Crippen molar-refractivity contribution in [3.63, 3.8) is 0 Å². The average Bonchev–Trinajstić information content (AvgIpc) is 3.52. The molecule has 4 rings (SSSR count). The van der Waals surface area contributed by atoms with Crippen molar-refractivity contribution in [2.75, 3.05) is 41.3 Å². The smallest absolute Gasteiger partial charge is 0.399 e. The van der Waals surface area contributed by atoms with Gasteiger partial charge in [0.2, 0.25) is 0 Å². The summed E-state index contributed by atoms with van der Waals surface area (Å²) in [4.78, 5) is 4.27. The van der Waals surface area contributed by atoms with Crippen molar-refractivity contribution in [1.29, 1.82) is 0 Å². The molecule has 0 aromatic carbocycles. The monoisotopic (exact) mass is 530 g/mol. The second-order valence-corrected chi connectivity index (χ2v) is 12.9. The fraction of sp³-hybridized carbons (Fsp3) is 0.769. The van der Waals surface area contributed by atoms with Crippen LogP contribution in [-0.4, -0.2) is 107 Å². The van der Waals surface area contributed by atoms with Crippen molar-refractivity contribution in [1.82, 2.24) is 29.4 Å². The largest absolute Gasteiger partial charge is 0.498 e. The summed E-state index contributed by atoms with van der Waals surface area (Å²) in [6.07, 6.45) is 7.67. The van der Waals surface area contributed by atoms with Gasteiger partial charge in [-0.1, -0.05) is 0 Å². The first kappa shape index (κ1) is 30.8. The van der Waals surface area contributed by atoms with E-state index in [0.717, 1.165) is 37.1 Å². The van der Waals surface area contributed by atoms with Crippen molar-refractivity contribution in [2.24, 2.45) is 0 Å². The van der Waals surface area contributed by atoms with Crippen LogP contribution in [0.2, 0.25) is 0 Å². The summed E-state index contributed by atoms with van der Waals surface area (Å²) in [6.45, 7) is 20.1. The number of nitrogens with zero attached hydrogens (tertiary/aromatic N) is 6. The standard InChI is InChI=1S/2C13H24BN3O2/c2*1-12(2)13(3,4)19-14(18-12)11-9-15-17(10-11)8-7-16(5)6/h2*9-10H,7-8H2,1-6H3. The summed E-state index contributed by atoms with van der Waals surface area (Å²) >= 11 is 0. The van der Waals surface area contributed by atoms with E-state index in [9.17, 15) is 0 Å². The van der Waals surface area contributed by atoms with Gasteiger partial charge < -0.3 is 28.4 Å². The molecule has 0 unspecified atom stereocenters. The zero-order chi connectivity index (χ0) is 28.5. The van der Waals surface area contributed by atoms with E-state index in [0.29, 0.717) is 0 Å². The second kappa shape index (κ2) is 11.4. The lowest BCUT2D eigenvalue weighted by atomic mass is 9.82. The molecule has 4 heterocycles. The third-order valence-corrected chi connectivity index (χ3v) is 7.91. The summed E-state index contributed by atoms with van der Waals surface area (Å²) in [5.74, 6) is 0. The fourth-order valence-corrected chi connectivity index (χ4v) is 3.81. The third-order valence-electron chi connectivity index (χ3n) is 7.91. The van der Waals surface area contributed by atoms with Gasteiger partial charge in [0.1, 0.15) is 0 Å². The van der Waals surface area contributed by atoms with E-state index in [4.69, 9.17) is 18.6 Å². The molecule has 2 aromatic heterocycles. The molecule has 2 aliphatic heterocycles. The maximum Gasteiger partial charge on any atom is 0.498 e. The Bertz CT molecular complexity index is 936. The molecule has 0 atom stereocenters. The topological polar surface area (TPSA) is 79.0 Å². The van der Waals surface area contributed by atoms with E-state index in [1.807, 2.05) is 34.2 Å². The zero-order valence-electron chi connectivity index (χ0n) is 25.6. The number of aromatic nitrogens is 4. The molecule has 0 radical (unpaired) electrons. The van der Waals surface area contributed by atoms with E-state index < -0.39 is 0 Å². The Morgan fingerprint density at radius 3 is 1.16 bits per heavy atom. The maximum atomic E-state index is 6.00. The molecule has 212 valence electrons. The summed E-state index contributed by atoms with van der Waals surface area (Å²) in [5.41, 5.74) is 0.759. The van der Waals surface area contributed by atoms with Crippen LogP contribution in [-0.2, 0) is 31.7 Å². The first-order valence-corrected chi connectivity index (χ1v) is 13.5. The van der Waals surface area contributed by atoms with Gasteiger partial charge in [0.05, 0.1) is 35.5 Å². The van der Waals surface area contributed by atoms with Gasteiger partial charge in [-0.25, -0.2) is 0 Å². The van der Waals surface area contributed by atoms with Crippen molar-refractivity contribution in [2.45, 2.75) is 90.9 Å². The highest BCUT2D eigenvalue weighted by molar-refractivity contribution is 6.62. The highest BCUT2D eigenvalue weighted by Gasteiger charge is 2.53. The molecule has 38 heavy (non-hydrogen) atoms. The number of hydrogen-bond donors (Lipinski definition) is 0. The Balaban J connectivity index is 0.000000211. The van der Waals surface area contributed by atoms with Crippen molar-refractivity contribution < 1.29 is 18.6 Å². The molecule has 2 aliphatic rings. The predicted octanol–water partition coefficient (Wildman–Crippen LogP) is 1.49. The molecule has 2 saturated heterocycles. The average molecular weight is 530 g/mol. The first-order valence-electron chi connectivity index (χ1n) is 13.5. The Hall–Kier alpha value is -1.69. The first-order chi connectivity index (χ1) is 17.4. The normalized spacial score (nSPS) is 21.3. The lowest BCUT2D eigenvalue weighted by molar-refractivity contribution is 0.00578. The summed E-state index contributed by atoms with van der Waals surface area (Å²) in [6, 6.07) is 0. The molecular weight excluding hydrogens is 482 g/mol. The van der Waals surface area contributed by atoms with Crippen LogP contribution in [0.15, 0.2) is 24.8 Å². The Labute approximate surface area is 230 Å². The van der Waals surface area contributed by atoms with Gasteiger partial charge in [0.15, 0.2) is 0 Å². The van der Waals surface area contributed by atoms with Crippen LogP contribution < -0.4 is 10.9 Å². The summed E-state index contributed by atoms with van der Waals surface area (Å²) in [5, 5.41) is 8.72. The van der Waals surface area contributed by atoms with Gasteiger partial charge >= 0.3 is 14.2 Å². The Morgan fingerprint density at radius 2 is 0.895 bits per heavy atom. The highest BCUT2D eigenvalue weighted by Crippen LogP contribution is 2.37. The SMILES string of the molecule is CN(C)CCn1cc(B2OC(C)(C)C(C)(C)O2)cn1.CN(C)CCn1cc(B2OC(C)(C)C(C)(C)O2)cn1. The van der Waals surface area contributed by atoms with E-state index >= 15 is 0 Å². The predicted molar refractivity (Wildman–Crippen MR) is 153 cm³/mol. The van der Waals surface area contributed by atoms with Crippen molar-refractivity contribution in [3.8, 4) is 0 Å². The van der Waals surface area contributed by atoms with Crippen LogP contribution in [0, 0.1) is 0 Å². The van der Waals surface area contributed by atoms with Crippen LogP contribution in [0.25, 0.3) is 0 Å². The van der Waals surface area contributed by atoms with Crippen LogP contribution in [0.3, 0.4) is 0 Å². The van der Waals surface area contributed by atoms with E-state index in [2.05, 4.69) is 104 Å². The third kappa shape index (κ3) is 7.28. The Morgan fingerprint density at radius 1 is 0.605 bits per heavy atom. The minimum atomic E-state index is -0.321. The Kier molecular flexibility index (Phi) is 9.28. The van der Waals surface area contributed by atoms with Crippen molar-refractivity contribution >= 4 is 25.2 Å². The molecule has 0 saturated carbocycles. The van der Waals surface area contributed by atoms with Gasteiger partial charge in [-0.05, 0) is 83.6 Å². The number of likely N-dealkylation sites (N-methyl/N-ethyl adjacent to an activating group) is 2. The van der Waals surface area contributed by atoms with E-state index in [1.54, 1.807) is 0 Å². The van der Waals surface area contributed by atoms with E-state index in [1.165, 1.54) is 0 Å². The van der Waals surface area contributed by atoms with Crippen LogP contribution in [0.1, 0.15) is 55.4 Å². The lowest BCUT2D eigenvalue weighted by Crippen LogP contribution is -2.41. The lowest BCUT2D eigenvalue weighted by Gasteiger charge is -2.32. The molecular formula is C26H48B2N6O4. The van der Waals surface area contributed by atoms with Gasteiger partial charge in [-0.2, -0.15) is 10.2 Å². The zero-order valence-corrected chi connectivity index (χ0v) is 25.6. The van der Waals surface area contributed by atoms with Crippen LogP contribution >= 0.6 is 0 Å². The van der Waals surface area contributed by atoms with Gasteiger partial charge in [-0.15, -0.1) is 0 Å². The summed E-state index contributed by atoms with van der Waals surface area (Å²) in [7, 11) is 7.57. The van der Waals surface area contributed by atoms with Crippen LogP contribution in [0.4, 0.5) is 0 Å². The number of rotatable bonds is 8. The highest BCUT2D eigenvalue weighted by atomic mass is 16.7. The molecule has 0 N–H and O–H groups in total. The minimum Gasteiger partial charge on any atom is -0.399 e. The summed E-state index contributed by atoms with van der Waals surface area (Å²) < 4.78 is 27.9. The molecule has 10 nitrogen and oxygen atoms in total. The number of hydrogen-bond acceptors (Lipinski definition) is 8. The van der Waals surface area contributed by atoms with Gasteiger partial charge in [-0.3, -0.25) is 9.36 Å². The van der Waals surface area contributed by atoms with E-state index in [-0.39, 0.29) is 36.6 Å². The molecule has 0 bridgehead atoms. The minimum absolute atomic E-state index is 0.302.